The summed E-state index contributed by atoms with van der Waals surface area (Å²) in [6.07, 6.45) is 0.696. The highest BCUT2D eigenvalue weighted by Crippen LogP contribution is 2.24. The van der Waals surface area contributed by atoms with Crippen molar-refractivity contribution in [3.8, 4) is 0 Å². The third kappa shape index (κ3) is 2.60. The lowest BCUT2D eigenvalue weighted by molar-refractivity contribution is 0.399. The summed E-state index contributed by atoms with van der Waals surface area (Å²) in [5.41, 5.74) is 5.66. The Balaban J connectivity index is 0.00000128. The van der Waals surface area contributed by atoms with E-state index in [1.165, 1.54) is 10.4 Å². The molecule has 8 heteroatoms. The summed E-state index contributed by atoms with van der Waals surface area (Å²) in [5, 5.41) is -0.0384. The molecule has 0 saturated carbocycles. The minimum atomic E-state index is -3.49. The van der Waals surface area contributed by atoms with Gasteiger partial charge in [-0.15, -0.1) is 12.4 Å². The number of hydrogen-bond donors (Lipinski definition) is 1. The second kappa shape index (κ2) is 5.05. The van der Waals surface area contributed by atoms with Gasteiger partial charge in [0.05, 0.1) is 0 Å². The fraction of sp³-hybridized carbons (Fsp3) is 0.500. The van der Waals surface area contributed by atoms with Crippen LogP contribution in [0.1, 0.15) is 6.42 Å². The minimum Gasteiger partial charge on any atom is -0.437 e. The number of halogens is 2. The summed E-state index contributed by atoms with van der Waals surface area (Å²) in [5.74, 6) is 0. The number of rotatable bonds is 2. The van der Waals surface area contributed by atoms with Crippen molar-refractivity contribution in [3.63, 3.8) is 0 Å². The van der Waals surface area contributed by atoms with Crippen LogP contribution in [0.3, 0.4) is 0 Å². The molecule has 0 aromatic carbocycles. The number of hydrogen-bond acceptors (Lipinski definition) is 4. The molecule has 1 aromatic rings. The van der Waals surface area contributed by atoms with Crippen LogP contribution in [0, 0.1) is 0 Å². The van der Waals surface area contributed by atoms with E-state index in [4.69, 9.17) is 10.2 Å². The molecule has 0 aliphatic carbocycles. The van der Waals surface area contributed by atoms with E-state index in [1.807, 2.05) is 0 Å². The van der Waals surface area contributed by atoms with Crippen LogP contribution < -0.4 is 5.73 Å². The first-order valence-corrected chi connectivity index (χ1v) is 6.74. The van der Waals surface area contributed by atoms with Crippen LogP contribution in [0.4, 0.5) is 0 Å². The summed E-state index contributed by atoms with van der Waals surface area (Å²) < 4.78 is 30.7. The molecular formula is C8H12BrClN2O3S. The first-order chi connectivity index (χ1) is 7.00. The van der Waals surface area contributed by atoms with Gasteiger partial charge in [-0.3, -0.25) is 0 Å². The van der Waals surface area contributed by atoms with Gasteiger partial charge in [0.1, 0.15) is 0 Å². The van der Waals surface area contributed by atoms with Crippen molar-refractivity contribution in [2.45, 2.75) is 17.6 Å². The van der Waals surface area contributed by atoms with E-state index in [1.54, 1.807) is 6.07 Å². The average Bonchev–Trinajstić information content (AvgIpc) is 2.74. The number of furan rings is 1. The zero-order chi connectivity index (χ0) is 11.1. The Morgan fingerprint density at radius 2 is 2.19 bits per heavy atom. The molecule has 1 aliphatic rings. The molecular weight excluding hydrogens is 320 g/mol. The highest BCUT2D eigenvalue weighted by Gasteiger charge is 2.32. The van der Waals surface area contributed by atoms with Crippen LogP contribution in [0.2, 0.25) is 0 Å². The van der Waals surface area contributed by atoms with Crippen molar-refractivity contribution >= 4 is 38.4 Å². The van der Waals surface area contributed by atoms with E-state index in [9.17, 15) is 8.42 Å². The Hall–Kier alpha value is -0.0800. The molecule has 2 heterocycles. The van der Waals surface area contributed by atoms with Gasteiger partial charge in [-0.1, -0.05) is 0 Å². The molecule has 92 valence electrons. The Bertz CT molecular complexity index is 462. The van der Waals surface area contributed by atoms with E-state index in [2.05, 4.69) is 15.9 Å². The largest absolute Gasteiger partial charge is 0.437 e. The monoisotopic (exact) mass is 330 g/mol. The molecule has 2 rings (SSSR count). The molecule has 0 amide bonds. The summed E-state index contributed by atoms with van der Waals surface area (Å²) >= 11 is 3.07. The number of nitrogens with zero attached hydrogens (tertiary/aromatic N) is 1. The molecule has 16 heavy (non-hydrogen) atoms. The molecule has 1 unspecified atom stereocenters. The zero-order valence-electron chi connectivity index (χ0n) is 8.30. The SMILES string of the molecule is Cl.NC1CCN(S(=O)(=O)c2ccc(Br)o2)C1. The molecule has 0 spiro atoms. The molecule has 1 atom stereocenters. The normalized spacial score (nSPS) is 22.0. The second-order valence-corrected chi connectivity index (χ2v) is 6.12. The maximum atomic E-state index is 11.9. The molecule has 1 aliphatic heterocycles. The Morgan fingerprint density at radius 1 is 1.50 bits per heavy atom. The summed E-state index contributed by atoms with van der Waals surface area (Å²) in [6, 6.07) is 2.92. The van der Waals surface area contributed by atoms with Crippen molar-refractivity contribution in [1.82, 2.24) is 4.31 Å². The van der Waals surface area contributed by atoms with E-state index in [-0.39, 0.29) is 23.5 Å². The topological polar surface area (TPSA) is 76.5 Å². The van der Waals surface area contributed by atoms with E-state index >= 15 is 0 Å². The molecule has 5 nitrogen and oxygen atoms in total. The second-order valence-electron chi connectivity index (χ2n) is 3.47. The number of sulfonamides is 1. The summed E-state index contributed by atoms with van der Waals surface area (Å²) in [7, 11) is -3.49. The van der Waals surface area contributed by atoms with E-state index in [0.717, 1.165) is 0 Å². The summed E-state index contributed by atoms with van der Waals surface area (Å²) in [4.78, 5) is 0. The van der Waals surface area contributed by atoms with E-state index < -0.39 is 10.0 Å². The lowest BCUT2D eigenvalue weighted by atomic mass is 10.3. The van der Waals surface area contributed by atoms with Crippen molar-refractivity contribution in [2.24, 2.45) is 5.73 Å². The van der Waals surface area contributed by atoms with Crippen LogP contribution in [-0.2, 0) is 10.0 Å². The Labute approximate surface area is 109 Å². The molecule has 1 fully saturated rings. The predicted octanol–water partition coefficient (Wildman–Crippen LogP) is 1.19. The zero-order valence-corrected chi connectivity index (χ0v) is 11.5. The maximum absolute atomic E-state index is 11.9. The highest BCUT2D eigenvalue weighted by atomic mass is 79.9. The van der Waals surface area contributed by atoms with Gasteiger partial charge in [0, 0.05) is 19.1 Å². The molecule has 0 radical (unpaired) electrons. The van der Waals surface area contributed by atoms with Crippen molar-refractivity contribution < 1.29 is 12.8 Å². The Morgan fingerprint density at radius 3 is 2.62 bits per heavy atom. The third-order valence-corrected chi connectivity index (χ3v) is 4.50. The van der Waals surface area contributed by atoms with Gasteiger partial charge in [0.15, 0.2) is 4.67 Å². The van der Waals surface area contributed by atoms with Gasteiger partial charge in [-0.25, -0.2) is 8.42 Å². The smallest absolute Gasteiger partial charge is 0.276 e. The fourth-order valence-electron chi connectivity index (χ4n) is 1.54. The minimum absolute atomic E-state index is 0. The molecule has 0 bridgehead atoms. The average molecular weight is 332 g/mol. The van der Waals surface area contributed by atoms with Crippen LogP contribution in [0.15, 0.2) is 26.3 Å². The van der Waals surface area contributed by atoms with Crippen LogP contribution in [-0.4, -0.2) is 31.9 Å². The van der Waals surface area contributed by atoms with Crippen molar-refractivity contribution in [2.75, 3.05) is 13.1 Å². The van der Waals surface area contributed by atoms with Gasteiger partial charge in [0.2, 0.25) is 5.09 Å². The van der Waals surface area contributed by atoms with Crippen LogP contribution in [0.25, 0.3) is 0 Å². The van der Waals surface area contributed by atoms with Gasteiger partial charge in [-0.2, -0.15) is 4.31 Å². The van der Waals surface area contributed by atoms with Gasteiger partial charge < -0.3 is 10.2 Å². The fourth-order valence-corrected chi connectivity index (χ4v) is 3.37. The highest BCUT2D eigenvalue weighted by molar-refractivity contribution is 9.10. The molecule has 1 aromatic heterocycles. The van der Waals surface area contributed by atoms with Crippen LogP contribution in [0.5, 0.6) is 0 Å². The first-order valence-electron chi connectivity index (χ1n) is 4.51. The number of nitrogens with two attached hydrogens (primary N) is 1. The van der Waals surface area contributed by atoms with Crippen molar-refractivity contribution in [3.05, 3.63) is 16.8 Å². The first kappa shape index (κ1) is 14.0. The maximum Gasteiger partial charge on any atom is 0.276 e. The Kier molecular flexibility index (Phi) is 4.42. The lowest BCUT2D eigenvalue weighted by Gasteiger charge is -2.13. The standard InChI is InChI=1S/C8H11BrN2O3S.ClH/c9-7-1-2-8(14-7)15(12,13)11-4-3-6(10)5-11;/h1-2,6H,3-5,10H2;1H. The van der Waals surface area contributed by atoms with Gasteiger partial charge in [-0.05, 0) is 34.5 Å². The summed E-state index contributed by atoms with van der Waals surface area (Å²) in [6.45, 7) is 0.822. The molecule has 2 N–H and O–H groups in total. The van der Waals surface area contributed by atoms with E-state index in [0.29, 0.717) is 24.2 Å². The molecule has 1 saturated heterocycles. The lowest BCUT2D eigenvalue weighted by Crippen LogP contribution is -2.31. The van der Waals surface area contributed by atoms with Gasteiger partial charge >= 0.3 is 0 Å². The van der Waals surface area contributed by atoms with Gasteiger partial charge in [0.25, 0.3) is 10.0 Å². The quantitative estimate of drug-likeness (QED) is 0.883. The van der Waals surface area contributed by atoms with Crippen LogP contribution >= 0.6 is 28.3 Å². The predicted molar refractivity (Wildman–Crippen MR) is 65.0 cm³/mol. The van der Waals surface area contributed by atoms with Crippen molar-refractivity contribution in [1.29, 1.82) is 0 Å². The third-order valence-electron chi connectivity index (χ3n) is 2.33.